The second-order valence-corrected chi connectivity index (χ2v) is 9.44. The van der Waals surface area contributed by atoms with Crippen LogP contribution in [0.2, 0.25) is 0 Å². The Hall–Kier alpha value is -1.60. The van der Waals surface area contributed by atoms with Crippen LogP contribution in [0.3, 0.4) is 0 Å². The summed E-state index contributed by atoms with van der Waals surface area (Å²) in [5.74, 6) is 0. The lowest BCUT2D eigenvalue weighted by Crippen LogP contribution is -2.55. The third-order valence-electron chi connectivity index (χ3n) is 5.43. The molecule has 144 valence electrons. The summed E-state index contributed by atoms with van der Waals surface area (Å²) in [5.41, 5.74) is 1.03. The fourth-order valence-electron chi connectivity index (χ4n) is 3.80. The maximum Gasteiger partial charge on any atom is 0.317 e. The van der Waals surface area contributed by atoms with Crippen LogP contribution in [0.4, 0.5) is 4.79 Å². The number of aryl methyl sites for hydroxylation is 1. The molecule has 0 bridgehead atoms. The van der Waals surface area contributed by atoms with E-state index in [9.17, 15) is 13.2 Å². The molecule has 2 amide bonds. The van der Waals surface area contributed by atoms with Crippen LogP contribution in [0.5, 0.6) is 0 Å². The van der Waals surface area contributed by atoms with Gasteiger partial charge in [0.05, 0.1) is 4.90 Å². The molecule has 2 heterocycles. The predicted octanol–water partition coefficient (Wildman–Crippen LogP) is 2.73. The van der Waals surface area contributed by atoms with Gasteiger partial charge in [-0.1, -0.05) is 17.7 Å². The van der Waals surface area contributed by atoms with E-state index < -0.39 is 10.0 Å². The molecule has 0 radical (unpaired) electrons. The van der Waals surface area contributed by atoms with E-state index in [4.69, 9.17) is 0 Å². The van der Waals surface area contributed by atoms with E-state index in [1.807, 2.05) is 24.0 Å². The van der Waals surface area contributed by atoms with Gasteiger partial charge in [-0.2, -0.15) is 4.31 Å². The summed E-state index contributed by atoms with van der Waals surface area (Å²) in [6.45, 7) is 5.64. The van der Waals surface area contributed by atoms with Crippen LogP contribution in [-0.2, 0) is 10.0 Å². The molecule has 0 aromatic heterocycles. The number of piperidine rings is 2. The van der Waals surface area contributed by atoms with Crippen LogP contribution in [0.15, 0.2) is 29.2 Å². The normalized spacial score (nSPS) is 25.1. The van der Waals surface area contributed by atoms with Crippen molar-refractivity contribution in [2.45, 2.75) is 62.9 Å². The van der Waals surface area contributed by atoms with Crippen molar-refractivity contribution in [1.29, 1.82) is 0 Å². The standard InChI is InChI=1S/C19H29N3O3S/c1-15-8-10-18(11-9-15)26(24,25)21-12-5-7-17(14-21)20-19(23)22-13-4-3-6-16(22)2/h8-11,16-17H,3-7,12-14H2,1-2H3,(H,20,23)/t16-,17+/m0/s1. The van der Waals surface area contributed by atoms with Gasteiger partial charge < -0.3 is 10.2 Å². The number of nitrogens with one attached hydrogen (secondary N) is 1. The summed E-state index contributed by atoms with van der Waals surface area (Å²) in [7, 11) is -3.51. The van der Waals surface area contributed by atoms with Gasteiger partial charge >= 0.3 is 6.03 Å². The third kappa shape index (κ3) is 4.20. The summed E-state index contributed by atoms with van der Waals surface area (Å²) in [6.07, 6.45) is 4.80. The maximum absolute atomic E-state index is 12.9. The Morgan fingerprint density at radius 3 is 2.50 bits per heavy atom. The molecule has 1 aromatic carbocycles. The van der Waals surface area contributed by atoms with Crippen molar-refractivity contribution in [3.8, 4) is 0 Å². The minimum atomic E-state index is -3.51. The number of sulfonamides is 1. The van der Waals surface area contributed by atoms with Crippen LogP contribution in [0.25, 0.3) is 0 Å². The first-order valence-electron chi connectivity index (χ1n) is 9.52. The number of carbonyl (C=O) groups excluding carboxylic acids is 1. The van der Waals surface area contributed by atoms with Crippen LogP contribution >= 0.6 is 0 Å². The lowest BCUT2D eigenvalue weighted by atomic mass is 10.0. The quantitative estimate of drug-likeness (QED) is 0.878. The molecule has 0 saturated carbocycles. The molecule has 2 aliphatic heterocycles. The molecule has 0 spiro atoms. The molecular weight excluding hydrogens is 350 g/mol. The summed E-state index contributed by atoms with van der Waals surface area (Å²) in [4.78, 5) is 14.8. The Bertz CT molecular complexity index is 733. The van der Waals surface area contributed by atoms with E-state index in [2.05, 4.69) is 12.2 Å². The molecule has 2 saturated heterocycles. The Morgan fingerprint density at radius 1 is 1.08 bits per heavy atom. The number of rotatable bonds is 3. The van der Waals surface area contributed by atoms with Gasteiger partial charge in [-0.3, -0.25) is 0 Å². The molecule has 7 heteroatoms. The second kappa shape index (κ2) is 7.96. The summed E-state index contributed by atoms with van der Waals surface area (Å²) in [6, 6.07) is 6.99. The van der Waals surface area contributed by atoms with E-state index in [-0.39, 0.29) is 18.1 Å². The second-order valence-electron chi connectivity index (χ2n) is 7.50. The predicted molar refractivity (Wildman–Crippen MR) is 102 cm³/mol. The minimum Gasteiger partial charge on any atom is -0.334 e. The molecule has 2 fully saturated rings. The maximum atomic E-state index is 12.9. The molecule has 1 aromatic rings. The third-order valence-corrected chi connectivity index (χ3v) is 7.31. The average Bonchev–Trinajstić information content (AvgIpc) is 2.62. The first kappa shape index (κ1) is 19.2. The topological polar surface area (TPSA) is 69.7 Å². The van der Waals surface area contributed by atoms with Crippen molar-refractivity contribution in [3.05, 3.63) is 29.8 Å². The monoisotopic (exact) mass is 379 g/mol. The SMILES string of the molecule is Cc1ccc(S(=O)(=O)N2CCC[C@@H](NC(=O)N3CCCC[C@@H]3C)C2)cc1. The number of urea groups is 1. The number of nitrogens with zero attached hydrogens (tertiary/aromatic N) is 2. The molecule has 0 unspecified atom stereocenters. The number of benzene rings is 1. The first-order chi connectivity index (χ1) is 12.4. The molecular formula is C19H29N3O3S. The zero-order chi connectivity index (χ0) is 18.7. The molecule has 6 nitrogen and oxygen atoms in total. The van der Waals surface area contributed by atoms with Gasteiger partial charge in [-0.15, -0.1) is 0 Å². The van der Waals surface area contributed by atoms with Gasteiger partial charge in [0.2, 0.25) is 10.0 Å². The zero-order valence-corrected chi connectivity index (χ0v) is 16.5. The van der Waals surface area contributed by atoms with Gasteiger partial charge in [0.1, 0.15) is 0 Å². The number of carbonyl (C=O) groups is 1. The van der Waals surface area contributed by atoms with Crippen molar-refractivity contribution >= 4 is 16.1 Å². The molecule has 26 heavy (non-hydrogen) atoms. The Balaban J connectivity index is 1.65. The van der Waals surface area contributed by atoms with Crippen molar-refractivity contribution in [3.63, 3.8) is 0 Å². The first-order valence-corrected chi connectivity index (χ1v) is 11.0. The summed E-state index contributed by atoms with van der Waals surface area (Å²) >= 11 is 0. The Labute approximate surface area is 156 Å². The van der Waals surface area contributed by atoms with Gasteiger partial charge in [-0.25, -0.2) is 13.2 Å². The average molecular weight is 380 g/mol. The molecule has 0 aliphatic carbocycles. The van der Waals surface area contributed by atoms with E-state index in [1.165, 1.54) is 4.31 Å². The van der Waals surface area contributed by atoms with Crippen molar-refractivity contribution in [2.75, 3.05) is 19.6 Å². The van der Waals surface area contributed by atoms with Crippen molar-refractivity contribution in [1.82, 2.24) is 14.5 Å². The van der Waals surface area contributed by atoms with Gasteiger partial charge in [0.25, 0.3) is 0 Å². The fraction of sp³-hybridized carbons (Fsp3) is 0.632. The van der Waals surface area contributed by atoms with Crippen LogP contribution in [0.1, 0.15) is 44.6 Å². The van der Waals surface area contributed by atoms with Crippen LogP contribution in [0, 0.1) is 6.92 Å². The van der Waals surface area contributed by atoms with E-state index in [0.29, 0.717) is 18.0 Å². The number of amides is 2. The minimum absolute atomic E-state index is 0.0585. The molecule has 2 atom stereocenters. The molecule has 1 N–H and O–H groups in total. The number of likely N-dealkylation sites (tertiary alicyclic amines) is 1. The fourth-order valence-corrected chi connectivity index (χ4v) is 5.32. The highest BCUT2D eigenvalue weighted by Crippen LogP contribution is 2.22. The van der Waals surface area contributed by atoms with Gasteiger partial charge in [0, 0.05) is 31.7 Å². The van der Waals surface area contributed by atoms with Crippen molar-refractivity contribution < 1.29 is 13.2 Å². The van der Waals surface area contributed by atoms with E-state index in [0.717, 1.165) is 44.2 Å². The Morgan fingerprint density at radius 2 is 1.81 bits per heavy atom. The number of hydrogen-bond acceptors (Lipinski definition) is 3. The van der Waals surface area contributed by atoms with Gasteiger partial charge in [-0.05, 0) is 58.1 Å². The smallest absolute Gasteiger partial charge is 0.317 e. The Kier molecular flexibility index (Phi) is 5.87. The van der Waals surface area contributed by atoms with Crippen LogP contribution < -0.4 is 5.32 Å². The van der Waals surface area contributed by atoms with E-state index in [1.54, 1.807) is 12.1 Å². The van der Waals surface area contributed by atoms with E-state index >= 15 is 0 Å². The largest absolute Gasteiger partial charge is 0.334 e. The highest BCUT2D eigenvalue weighted by molar-refractivity contribution is 7.89. The molecule has 2 aliphatic rings. The summed E-state index contributed by atoms with van der Waals surface area (Å²) in [5, 5.41) is 3.06. The zero-order valence-electron chi connectivity index (χ0n) is 15.6. The van der Waals surface area contributed by atoms with Crippen molar-refractivity contribution in [2.24, 2.45) is 0 Å². The summed E-state index contributed by atoms with van der Waals surface area (Å²) < 4.78 is 27.3. The lowest BCUT2D eigenvalue weighted by Gasteiger charge is -2.37. The number of hydrogen-bond donors (Lipinski definition) is 1. The highest BCUT2D eigenvalue weighted by Gasteiger charge is 2.32. The van der Waals surface area contributed by atoms with Gasteiger partial charge in [0.15, 0.2) is 0 Å². The van der Waals surface area contributed by atoms with Crippen LogP contribution in [-0.4, -0.2) is 55.4 Å². The highest BCUT2D eigenvalue weighted by atomic mass is 32.2. The lowest BCUT2D eigenvalue weighted by molar-refractivity contribution is 0.150. The molecule has 3 rings (SSSR count).